The standard InChI is InChI=1S/C17H13ClF3N3O/c1-11-3-2-4-12(9-11)16-15(10-18)22-23-24(16)13-5-7-14(8-6-13)25-17(19,20)21/h2-9H,10H2,1H3. The first-order valence-electron chi connectivity index (χ1n) is 7.31. The van der Waals surface area contributed by atoms with Crippen molar-refractivity contribution in [3.05, 3.63) is 59.8 Å². The second-order valence-corrected chi connectivity index (χ2v) is 5.61. The minimum Gasteiger partial charge on any atom is -0.406 e. The summed E-state index contributed by atoms with van der Waals surface area (Å²) in [6, 6.07) is 13.1. The largest absolute Gasteiger partial charge is 0.573 e. The highest BCUT2D eigenvalue weighted by Crippen LogP contribution is 2.29. The Labute approximate surface area is 146 Å². The van der Waals surface area contributed by atoms with Gasteiger partial charge in [0.05, 0.1) is 17.3 Å². The van der Waals surface area contributed by atoms with E-state index in [-0.39, 0.29) is 11.6 Å². The van der Waals surface area contributed by atoms with E-state index < -0.39 is 6.36 Å². The summed E-state index contributed by atoms with van der Waals surface area (Å²) in [7, 11) is 0. The van der Waals surface area contributed by atoms with Gasteiger partial charge in [-0.2, -0.15) is 0 Å². The molecular weight excluding hydrogens is 355 g/mol. The second kappa shape index (κ2) is 6.76. The highest BCUT2D eigenvalue weighted by molar-refractivity contribution is 6.17. The van der Waals surface area contributed by atoms with Gasteiger partial charge in [0.15, 0.2) is 0 Å². The Kier molecular flexibility index (Phi) is 4.67. The maximum absolute atomic E-state index is 12.3. The summed E-state index contributed by atoms with van der Waals surface area (Å²) in [5.74, 6) is -0.135. The Morgan fingerprint density at radius 1 is 1.12 bits per heavy atom. The zero-order valence-corrected chi connectivity index (χ0v) is 13.8. The van der Waals surface area contributed by atoms with Gasteiger partial charge < -0.3 is 4.74 Å². The maximum Gasteiger partial charge on any atom is 0.573 e. The third kappa shape index (κ3) is 3.93. The molecule has 1 heterocycles. The monoisotopic (exact) mass is 367 g/mol. The fraction of sp³-hybridized carbons (Fsp3) is 0.176. The molecule has 0 radical (unpaired) electrons. The number of aromatic nitrogens is 3. The molecule has 0 amide bonds. The summed E-state index contributed by atoms with van der Waals surface area (Å²) in [6.45, 7) is 1.96. The lowest BCUT2D eigenvalue weighted by Crippen LogP contribution is -2.17. The van der Waals surface area contributed by atoms with Gasteiger partial charge in [-0.25, -0.2) is 4.68 Å². The molecule has 2 aromatic carbocycles. The van der Waals surface area contributed by atoms with Gasteiger partial charge >= 0.3 is 6.36 Å². The van der Waals surface area contributed by atoms with Gasteiger partial charge in [0.2, 0.25) is 0 Å². The van der Waals surface area contributed by atoms with Crippen LogP contribution in [-0.2, 0) is 5.88 Å². The van der Waals surface area contributed by atoms with Crippen molar-refractivity contribution < 1.29 is 17.9 Å². The number of nitrogens with zero attached hydrogens (tertiary/aromatic N) is 3. The first kappa shape index (κ1) is 17.3. The maximum atomic E-state index is 12.3. The summed E-state index contributed by atoms with van der Waals surface area (Å²) in [6.07, 6.45) is -4.73. The van der Waals surface area contributed by atoms with Gasteiger partial charge in [-0.15, -0.1) is 29.9 Å². The molecule has 0 unspecified atom stereocenters. The van der Waals surface area contributed by atoms with E-state index in [4.69, 9.17) is 11.6 Å². The molecule has 0 aliphatic heterocycles. The van der Waals surface area contributed by atoms with E-state index in [2.05, 4.69) is 15.0 Å². The minimum absolute atomic E-state index is 0.165. The predicted molar refractivity (Wildman–Crippen MR) is 87.8 cm³/mol. The number of rotatable bonds is 4. The minimum atomic E-state index is -4.73. The summed E-state index contributed by atoms with van der Waals surface area (Å²) in [4.78, 5) is 0. The molecular formula is C17H13ClF3N3O. The summed E-state index contributed by atoms with van der Waals surface area (Å²) in [5, 5.41) is 8.16. The van der Waals surface area contributed by atoms with Crippen LogP contribution in [0.3, 0.4) is 0 Å². The molecule has 0 aliphatic carbocycles. The Morgan fingerprint density at radius 3 is 2.44 bits per heavy atom. The van der Waals surface area contributed by atoms with Crippen molar-refractivity contribution in [1.29, 1.82) is 0 Å². The van der Waals surface area contributed by atoms with Crippen molar-refractivity contribution in [2.24, 2.45) is 0 Å². The van der Waals surface area contributed by atoms with Crippen LogP contribution in [0.15, 0.2) is 48.5 Å². The molecule has 4 nitrogen and oxygen atoms in total. The van der Waals surface area contributed by atoms with Gasteiger partial charge in [0, 0.05) is 5.56 Å². The Hall–Kier alpha value is -2.54. The third-order valence-corrected chi connectivity index (χ3v) is 3.73. The highest BCUT2D eigenvalue weighted by atomic mass is 35.5. The van der Waals surface area contributed by atoms with Gasteiger partial charge in [-0.05, 0) is 37.3 Å². The van der Waals surface area contributed by atoms with Crippen molar-refractivity contribution in [3.63, 3.8) is 0 Å². The third-order valence-electron chi connectivity index (χ3n) is 3.47. The summed E-state index contributed by atoms with van der Waals surface area (Å²) in [5.41, 5.74) is 3.76. The normalized spacial score (nSPS) is 11.6. The zero-order valence-electron chi connectivity index (χ0n) is 13.1. The van der Waals surface area contributed by atoms with E-state index in [1.54, 1.807) is 4.68 Å². The molecule has 3 aromatic rings. The van der Waals surface area contributed by atoms with Crippen LogP contribution < -0.4 is 4.74 Å². The fourth-order valence-corrected chi connectivity index (χ4v) is 2.63. The van der Waals surface area contributed by atoms with Crippen molar-refractivity contribution in [2.45, 2.75) is 19.2 Å². The smallest absolute Gasteiger partial charge is 0.406 e. The molecule has 0 N–H and O–H groups in total. The van der Waals surface area contributed by atoms with Crippen molar-refractivity contribution in [1.82, 2.24) is 15.0 Å². The SMILES string of the molecule is Cc1cccc(-c2c(CCl)nnn2-c2ccc(OC(F)(F)F)cc2)c1. The second-order valence-electron chi connectivity index (χ2n) is 5.34. The fourth-order valence-electron chi connectivity index (χ4n) is 2.45. The van der Waals surface area contributed by atoms with E-state index in [0.29, 0.717) is 17.1 Å². The van der Waals surface area contributed by atoms with Crippen LogP contribution in [0.25, 0.3) is 16.9 Å². The Bertz CT molecular complexity index is 876. The molecule has 0 fully saturated rings. The quantitative estimate of drug-likeness (QED) is 0.617. The summed E-state index contributed by atoms with van der Waals surface area (Å²) >= 11 is 5.96. The van der Waals surface area contributed by atoms with Gasteiger partial charge in [0.1, 0.15) is 11.4 Å². The lowest BCUT2D eigenvalue weighted by Gasteiger charge is -2.11. The lowest BCUT2D eigenvalue weighted by molar-refractivity contribution is -0.274. The van der Waals surface area contributed by atoms with Crippen molar-refractivity contribution >= 4 is 11.6 Å². The molecule has 0 atom stereocenters. The van der Waals surface area contributed by atoms with E-state index in [0.717, 1.165) is 11.1 Å². The number of hydrogen-bond donors (Lipinski definition) is 0. The first-order valence-corrected chi connectivity index (χ1v) is 7.84. The Morgan fingerprint density at radius 2 is 1.84 bits per heavy atom. The lowest BCUT2D eigenvalue weighted by atomic mass is 10.1. The first-order chi connectivity index (χ1) is 11.9. The molecule has 8 heteroatoms. The molecule has 0 bridgehead atoms. The van der Waals surface area contributed by atoms with Crippen LogP contribution in [0.5, 0.6) is 5.75 Å². The molecule has 0 saturated carbocycles. The van der Waals surface area contributed by atoms with Crippen LogP contribution in [0, 0.1) is 6.92 Å². The van der Waals surface area contributed by atoms with E-state index >= 15 is 0 Å². The van der Waals surface area contributed by atoms with Crippen LogP contribution in [-0.4, -0.2) is 21.4 Å². The molecule has 0 aliphatic rings. The number of aryl methyl sites for hydroxylation is 1. The predicted octanol–water partition coefficient (Wildman–Crippen LogP) is 4.88. The number of halogens is 4. The molecule has 0 spiro atoms. The average Bonchev–Trinajstić information content (AvgIpc) is 2.98. The molecule has 0 saturated heterocycles. The number of benzene rings is 2. The zero-order chi connectivity index (χ0) is 18.0. The van der Waals surface area contributed by atoms with Crippen molar-refractivity contribution in [3.8, 4) is 22.7 Å². The number of alkyl halides is 4. The van der Waals surface area contributed by atoms with E-state index in [1.165, 1.54) is 24.3 Å². The molecule has 130 valence electrons. The summed E-state index contributed by atoms with van der Waals surface area (Å²) < 4.78 is 42.2. The topological polar surface area (TPSA) is 39.9 Å². The highest BCUT2D eigenvalue weighted by Gasteiger charge is 2.31. The van der Waals surface area contributed by atoms with Crippen molar-refractivity contribution in [2.75, 3.05) is 0 Å². The molecule has 1 aromatic heterocycles. The van der Waals surface area contributed by atoms with Crippen LogP contribution in [0.2, 0.25) is 0 Å². The van der Waals surface area contributed by atoms with Gasteiger partial charge in [-0.3, -0.25) is 0 Å². The van der Waals surface area contributed by atoms with Crippen LogP contribution in [0.1, 0.15) is 11.3 Å². The Balaban J connectivity index is 2.02. The van der Waals surface area contributed by atoms with Gasteiger partial charge in [-0.1, -0.05) is 29.0 Å². The number of ether oxygens (including phenoxy) is 1. The molecule has 25 heavy (non-hydrogen) atoms. The van der Waals surface area contributed by atoms with Crippen LogP contribution in [0.4, 0.5) is 13.2 Å². The molecule has 3 rings (SSSR count). The van der Waals surface area contributed by atoms with Gasteiger partial charge in [0.25, 0.3) is 0 Å². The average molecular weight is 368 g/mol. The van der Waals surface area contributed by atoms with E-state index in [9.17, 15) is 13.2 Å². The number of hydrogen-bond acceptors (Lipinski definition) is 3. The van der Waals surface area contributed by atoms with E-state index in [1.807, 2.05) is 31.2 Å². The van der Waals surface area contributed by atoms with Crippen LogP contribution >= 0.6 is 11.6 Å².